The average molecular weight is 347 g/mol. The normalized spacial score (nSPS) is 18.2. The zero-order chi connectivity index (χ0) is 18.5. The quantitative estimate of drug-likeness (QED) is 0.697. The van der Waals surface area contributed by atoms with Crippen LogP contribution < -0.4 is 0 Å². The van der Waals surface area contributed by atoms with Crippen molar-refractivity contribution in [2.24, 2.45) is 7.05 Å². The second-order valence-electron chi connectivity index (χ2n) is 6.32. The molecule has 134 valence electrons. The van der Waals surface area contributed by atoms with Crippen LogP contribution in [0.5, 0.6) is 0 Å². The number of hydrogen-bond acceptors (Lipinski definition) is 3. The van der Waals surface area contributed by atoms with Gasteiger partial charge in [0.05, 0.1) is 23.0 Å². The maximum absolute atomic E-state index is 13.5. The third-order valence-electron chi connectivity index (χ3n) is 4.52. The monoisotopic (exact) mass is 347 g/mol. The first kappa shape index (κ1) is 17.5. The lowest BCUT2D eigenvalue weighted by molar-refractivity contribution is 0.112. The molecule has 1 fully saturated rings. The standard InChI is InChI=1S/C16H17F2N5.C2H6/c1-8-13(5-11-7-22(4)21-15(11)19-8)23-10(3)14(9(2)20-23)12-6-16(12,17)18;1-2/h5,7,12H,6H2,1-4H3;1-2H3. The summed E-state index contributed by atoms with van der Waals surface area (Å²) in [6.07, 6.45) is 1.80. The van der Waals surface area contributed by atoms with Crippen molar-refractivity contribution in [3.8, 4) is 5.69 Å². The first-order valence-corrected chi connectivity index (χ1v) is 8.53. The fourth-order valence-corrected chi connectivity index (χ4v) is 3.29. The van der Waals surface area contributed by atoms with Gasteiger partial charge in [-0.1, -0.05) is 13.8 Å². The molecule has 0 saturated heterocycles. The Morgan fingerprint density at radius 1 is 1.12 bits per heavy atom. The van der Waals surface area contributed by atoms with E-state index in [1.54, 1.807) is 16.3 Å². The summed E-state index contributed by atoms with van der Waals surface area (Å²) in [5.41, 5.74) is 4.34. The molecule has 3 aromatic rings. The summed E-state index contributed by atoms with van der Waals surface area (Å²) in [7, 11) is 1.84. The summed E-state index contributed by atoms with van der Waals surface area (Å²) >= 11 is 0. The van der Waals surface area contributed by atoms with E-state index in [0.29, 0.717) is 16.9 Å². The van der Waals surface area contributed by atoms with Crippen molar-refractivity contribution in [3.63, 3.8) is 0 Å². The highest BCUT2D eigenvalue weighted by molar-refractivity contribution is 5.77. The van der Waals surface area contributed by atoms with Crippen LogP contribution in [-0.2, 0) is 7.05 Å². The number of nitrogens with zero attached hydrogens (tertiary/aromatic N) is 5. The van der Waals surface area contributed by atoms with Crippen molar-refractivity contribution in [3.05, 3.63) is 34.9 Å². The summed E-state index contributed by atoms with van der Waals surface area (Å²) in [6.45, 7) is 9.51. The zero-order valence-corrected chi connectivity index (χ0v) is 15.4. The molecule has 3 heterocycles. The Morgan fingerprint density at radius 3 is 2.36 bits per heavy atom. The van der Waals surface area contributed by atoms with E-state index in [1.165, 1.54) is 0 Å². The zero-order valence-electron chi connectivity index (χ0n) is 15.4. The molecule has 0 aromatic carbocycles. The number of pyridine rings is 1. The molecule has 0 spiro atoms. The number of fused-ring (bicyclic) bond motifs is 1. The average Bonchev–Trinajstić information content (AvgIpc) is 2.87. The molecule has 5 nitrogen and oxygen atoms in total. The highest BCUT2D eigenvalue weighted by Crippen LogP contribution is 2.57. The van der Waals surface area contributed by atoms with E-state index in [9.17, 15) is 8.78 Å². The Morgan fingerprint density at radius 2 is 1.76 bits per heavy atom. The Hall–Kier alpha value is -2.31. The van der Waals surface area contributed by atoms with E-state index in [2.05, 4.69) is 15.2 Å². The van der Waals surface area contributed by atoms with Crippen LogP contribution in [0.15, 0.2) is 12.3 Å². The molecular weight excluding hydrogens is 324 g/mol. The van der Waals surface area contributed by atoms with Crippen LogP contribution in [0.2, 0.25) is 0 Å². The Kier molecular flexibility index (Phi) is 4.13. The summed E-state index contributed by atoms with van der Waals surface area (Å²) in [4.78, 5) is 4.50. The van der Waals surface area contributed by atoms with Gasteiger partial charge >= 0.3 is 0 Å². The highest BCUT2D eigenvalue weighted by Gasteiger charge is 2.59. The van der Waals surface area contributed by atoms with E-state index in [0.717, 1.165) is 22.5 Å². The molecular formula is C18H23F2N5. The fourth-order valence-electron chi connectivity index (χ4n) is 3.29. The van der Waals surface area contributed by atoms with Crippen molar-refractivity contribution in [2.45, 2.75) is 52.9 Å². The maximum atomic E-state index is 13.5. The van der Waals surface area contributed by atoms with Gasteiger partial charge in [0.15, 0.2) is 5.65 Å². The Labute approximate surface area is 145 Å². The van der Waals surface area contributed by atoms with Crippen LogP contribution in [0.4, 0.5) is 8.78 Å². The van der Waals surface area contributed by atoms with E-state index >= 15 is 0 Å². The first-order chi connectivity index (χ1) is 11.8. The van der Waals surface area contributed by atoms with Crippen LogP contribution in [-0.4, -0.2) is 30.5 Å². The topological polar surface area (TPSA) is 48.5 Å². The van der Waals surface area contributed by atoms with E-state index in [1.807, 2.05) is 47.0 Å². The van der Waals surface area contributed by atoms with E-state index in [4.69, 9.17) is 0 Å². The second-order valence-corrected chi connectivity index (χ2v) is 6.32. The molecule has 1 atom stereocenters. The van der Waals surface area contributed by atoms with Crippen LogP contribution in [0.25, 0.3) is 16.7 Å². The molecule has 0 bridgehead atoms. The lowest BCUT2D eigenvalue weighted by atomic mass is 10.1. The van der Waals surface area contributed by atoms with Gasteiger partial charge in [-0.15, -0.1) is 0 Å². The van der Waals surface area contributed by atoms with Crippen molar-refractivity contribution in [1.29, 1.82) is 0 Å². The lowest BCUT2D eigenvalue weighted by Crippen LogP contribution is -2.04. The number of alkyl halides is 2. The fraction of sp³-hybridized carbons (Fsp3) is 0.500. The van der Waals surface area contributed by atoms with Gasteiger partial charge in [0.1, 0.15) is 0 Å². The molecule has 25 heavy (non-hydrogen) atoms. The molecule has 1 aliphatic carbocycles. The van der Waals surface area contributed by atoms with Gasteiger partial charge in [0.25, 0.3) is 5.92 Å². The minimum atomic E-state index is -2.59. The summed E-state index contributed by atoms with van der Waals surface area (Å²) in [5, 5.41) is 9.69. The maximum Gasteiger partial charge on any atom is 0.256 e. The largest absolute Gasteiger partial charge is 0.273 e. The molecule has 3 aromatic heterocycles. The van der Waals surface area contributed by atoms with Gasteiger partial charge < -0.3 is 0 Å². The minimum absolute atomic E-state index is 0.0841. The van der Waals surface area contributed by atoms with Gasteiger partial charge in [-0.2, -0.15) is 10.2 Å². The first-order valence-electron chi connectivity index (χ1n) is 8.53. The molecule has 0 N–H and O–H groups in total. The van der Waals surface area contributed by atoms with Crippen molar-refractivity contribution >= 4 is 11.0 Å². The summed E-state index contributed by atoms with van der Waals surface area (Å²) in [6, 6.07) is 1.96. The molecule has 1 unspecified atom stereocenters. The summed E-state index contributed by atoms with van der Waals surface area (Å²) in [5.74, 6) is -3.30. The number of halogens is 2. The predicted molar refractivity (Wildman–Crippen MR) is 93.5 cm³/mol. The second kappa shape index (κ2) is 5.89. The molecule has 4 rings (SSSR count). The minimum Gasteiger partial charge on any atom is -0.273 e. The van der Waals surface area contributed by atoms with E-state index in [-0.39, 0.29) is 6.42 Å². The highest BCUT2D eigenvalue weighted by atomic mass is 19.3. The van der Waals surface area contributed by atoms with Gasteiger partial charge in [-0.3, -0.25) is 4.68 Å². The number of aryl methyl sites for hydroxylation is 3. The number of hydrogen-bond donors (Lipinski definition) is 0. The van der Waals surface area contributed by atoms with Crippen LogP contribution in [0.1, 0.15) is 48.8 Å². The van der Waals surface area contributed by atoms with Gasteiger partial charge in [0.2, 0.25) is 0 Å². The third-order valence-corrected chi connectivity index (χ3v) is 4.52. The van der Waals surface area contributed by atoms with Crippen molar-refractivity contribution in [2.75, 3.05) is 0 Å². The number of rotatable bonds is 2. The SMILES string of the molecule is CC.Cc1nc2nn(C)cc2cc1-n1nc(C)c(C2CC2(F)F)c1C. The van der Waals surface area contributed by atoms with Gasteiger partial charge in [0, 0.05) is 36.3 Å². The number of aromatic nitrogens is 5. The molecule has 7 heteroatoms. The van der Waals surface area contributed by atoms with Gasteiger partial charge in [-0.05, 0) is 26.8 Å². The van der Waals surface area contributed by atoms with Crippen molar-refractivity contribution in [1.82, 2.24) is 24.5 Å². The molecule has 0 amide bonds. The van der Waals surface area contributed by atoms with Crippen LogP contribution >= 0.6 is 0 Å². The Bertz CT molecular complexity index is 939. The van der Waals surface area contributed by atoms with E-state index < -0.39 is 11.8 Å². The molecule has 0 radical (unpaired) electrons. The predicted octanol–water partition coefficient (Wildman–Crippen LogP) is 4.23. The van der Waals surface area contributed by atoms with Crippen LogP contribution in [0, 0.1) is 20.8 Å². The van der Waals surface area contributed by atoms with Crippen molar-refractivity contribution < 1.29 is 8.78 Å². The van der Waals surface area contributed by atoms with Gasteiger partial charge in [-0.25, -0.2) is 18.4 Å². The summed E-state index contributed by atoms with van der Waals surface area (Å²) < 4.78 is 30.4. The smallest absolute Gasteiger partial charge is 0.256 e. The Balaban J connectivity index is 0.000000880. The third kappa shape index (κ3) is 2.81. The van der Waals surface area contributed by atoms with Crippen LogP contribution in [0.3, 0.4) is 0 Å². The molecule has 0 aliphatic heterocycles. The molecule has 1 aliphatic rings. The lowest BCUT2D eigenvalue weighted by Gasteiger charge is -2.08. The molecule has 1 saturated carbocycles.